The molecule has 0 radical (unpaired) electrons. The largest absolute Gasteiger partial charge is 0.495 e. The molecule has 4 nitrogen and oxygen atoms in total. The van der Waals surface area contributed by atoms with E-state index in [2.05, 4.69) is 12.2 Å². The van der Waals surface area contributed by atoms with Crippen molar-refractivity contribution in [2.45, 2.75) is 39.8 Å². The normalized spacial score (nSPS) is 21.6. The van der Waals surface area contributed by atoms with E-state index in [1.807, 2.05) is 36.9 Å². The van der Waals surface area contributed by atoms with Crippen LogP contribution in [0.25, 0.3) is 0 Å². The molecule has 2 atom stereocenters. The van der Waals surface area contributed by atoms with Gasteiger partial charge in [0.2, 0.25) is 5.91 Å². The molecule has 5 heteroatoms. The van der Waals surface area contributed by atoms with E-state index < -0.39 is 0 Å². The predicted octanol–water partition coefficient (Wildman–Crippen LogP) is 3.33. The zero-order chi connectivity index (χ0) is 17.0. The first kappa shape index (κ1) is 18.1. The van der Waals surface area contributed by atoms with Gasteiger partial charge in [-0.25, -0.2) is 0 Å². The number of amides is 1. The molecule has 1 heterocycles. The van der Waals surface area contributed by atoms with Crippen LogP contribution in [0.2, 0.25) is 5.02 Å². The summed E-state index contributed by atoms with van der Waals surface area (Å²) in [5.74, 6) is 1.48. The smallest absolute Gasteiger partial charge is 0.225 e. The summed E-state index contributed by atoms with van der Waals surface area (Å²) >= 11 is 6.17. The highest BCUT2D eigenvalue weighted by Crippen LogP contribution is 2.25. The van der Waals surface area contributed by atoms with Crippen molar-refractivity contribution in [3.63, 3.8) is 0 Å². The monoisotopic (exact) mass is 338 g/mol. The van der Waals surface area contributed by atoms with Gasteiger partial charge in [0.1, 0.15) is 5.75 Å². The summed E-state index contributed by atoms with van der Waals surface area (Å²) in [7, 11) is 1.62. The van der Waals surface area contributed by atoms with E-state index >= 15 is 0 Å². The lowest BCUT2D eigenvalue weighted by molar-refractivity contribution is -0.136. The molecule has 1 aliphatic rings. The van der Waals surface area contributed by atoms with Crippen molar-refractivity contribution in [1.82, 2.24) is 10.2 Å². The molecule has 0 saturated carbocycles. The van der Waals surface area contributed by atoms with Crippen molar-refractivity contribution < 1.29 is 9.53 Å². The Bertz CT molecular complexity index is 548. The van der Waals surface area contributed by atoms with Crippen LogP contribution in [0, 0.1) is 11.8 Å². The van der Waals surface area contributed by atoms with Gasteiger partial charge in [-0.15, -0.1) is 0 Å². The first-order valence-electron chi connectivity index (χ1n) is 8.27. The van der Waals surface area contributed by atoms with Crippen LogP contribution in [0.4, 0.5) is 0 Å². The number of hydrogen-bond donors (Lipinski definition) is 1. The molecule has 23 heavy (non-hydrogen) atoms. The van der Waals surface area contributed by atoms with Crippen molar-refractivity contribution in [3.8, 4) is 5.75 Å². The van der Waals surface area contributed by atoms with Gasteiger partial charge in [0.05, 0.1) is 12.1 Å². The molecule has 1 amide bonds. The van der Waals surface area contributed by atoms with Gasteiger partial charge in [-0.1, -0.05) is 38.4 Å². The van der Waals surface area contributed by atoms with E-state index in [4.69, 9.17) is 16.3 Å². The molecule has 1 fully saturated rings. The molecule has 1 aliphatic heterocycles. The third kappa shape index (κ3) is 4.61. The number of carbonyl (C=O) groups excluding carboxylic acids is 1. The van der Waals surface area contributed by atoms with Crippen LogP contribution < -0.4 is 10.1 Å². The van der Waals surface area contributed by atoms with E-state index in [9.17, 15) is 4.79 Å². The third-order valence-corrected chi connectivity index (χ3v) is 4.79. The second-order valence-corrected chi connectivity index (χ2v) is 7.07. The van der Waals surface area contributed by atoms with E-state index in [-0.39, 0.29) is 11.8 Å². The maximum atomic E-state index is 12.1. The molecule has 2 rings (SSSR count). The number of rotatable bonds is 5. The van der Waals surface area contributed by atoms with Crippen molar-refractivity contribution in [2.75, 3.05) is 20.2 Å². The Balaban J connectivity index is 1.87. The molecule has 1 N–H and O–H groups in total. The lowest BCUT2D eigenvalue weighted by atomic mass is 9.93. The number of nitrogens with one attached hydrogen (secondary N) is 1. The summed E-state index contributed by atoms with van der Waals surface area (Å²) in [6.07, 6.45) is 0.990. The Hall–Kier alpha value is -1.26. The number of hydrogen-bond acceptors (Lipinski definition) is 3. The number of ether oxygens (including phenoxy) is 1. The van der Waals surface area contributed by atoms with Crippen molar-refractivity contribution >= 4 is 17.5 Å². The topological polar surface area (TPSA) is 41.6 Å². The summed E-state index contributed by atoms with van der Waals surface area (Å²) < 4.78 is 5.18. The van der Waals surface area contributed by atoms with Crippen molar-refractivity contribution in [2.24, 2.45) is 11.8 Å². The van der Waals surface area contributed by atoms with E-state index in [1.165, 1.54) is 0 Å². The Morgan fingerprint density at radius 2 is 2.22 bits per heavy atom. The molecule has 0 aromatic heterocycles. The van der Waals surface area contributed by atoms with Gasteiger partial charge in [0, 0.05) is 31.6 Å². The van der Waals surface area contributed by atoms with E-state index in [0.29, 0.717) is 22.7 Å². The second-order valence-electron chi connectivity index (χ2n) is 6.66. The standard InChI is InChI=1S/C18H27ClN2O2/c1-12(2)18(22)21-8-7-16(13(3)11-21)20-10-14-5-6-17(23-4)15(19)9-14/h5-6,9,12-13,16,20H,7-8,10-11H2,1-4H3/t13-,16+/m1/s1. The fourth-order valence-electron chi connectivity index (χ4n) is 3.08. The number of likely N-dealkylation sites (tertiary alicyclic amines) is 1. The van der Waals surface area contributed by atoms with Gasteiger partial charge in [-0.2, -0.15) is 0 Å². The van der Waals surface area contributed by atoms with Gasteiger partial charge in [-0.3, -0.25) is 4.79 Å². The van der Waals surface area contributed by atoms with Crippen LogP contribution in [0.3, 0.4) is 0 Å². The Kier molecular flexibility index (Phi) is 6.31. The van der Waals surface area contributed by atoms with Crippen LogP contribution in [0.15, 0.2) is 18.2 Å². The summed E-state index contributed by atoms with van der Waals surface area (Å²) in [6, 6.07) is 6.29. The SMILES string of the molecule is COc1ccc(CN[C@H]2CCN(C(=O)C(C)C)C[C@H]2C)cc1Cl. The number of benzene rings is 1. The molecule has 0 bridgehead atoms. The average molecular weight is 339 g/mol. The van der Waals surface area contributed by atoms with Crippen LogP contribution in [-0.2, 0) is 11.3 Å². The molecule has 1 aromatic rings. The second kappa shape index (κ2) is 8.02. The first-order valence-corrected chi connectivity index (χ1v) is 8.64. The van der Waals surface area contributed by atoms with Crippen LogP contribution in [-0.4, -0.2) is 37.0 Å². The molecule has 1 aromatic carbocycles. The van der Waals surface area contributed by atoms with Gasteiger partial charge in [0.15, 0.2) is 0 Å². The Morgan fingerprint density at radius 1 is 1.48 bits per heavy atom. The number of nitrogens with zero attached hydrogens (tertiary/aromatic N) is 1. The van der Waals surface area contributed by atoms with Crippen LogP contribution >= 0.6 is 11.6 Å². The van der Waals surface area contributed by atoms with Gasteiger partial charge < -0.3 is 15.0 Å². The quantitative estimate of drug-likeness (QED) is 0.895. The molecule has 0 aliphatic carbocycles. The molecule has 128 valence electrons. The Morgan fingerprint density at radius 3 is 2.78 bits per heavy atom. The van der Waals surface area contributed by atoms with Crippen molar-refractivity contribution in [1.29, 1.82) is 0 Å². The number of methoxy groups -OCH3 is 1. The highest BCUT2D eigenvalue weighted by atomic mass is 35.5. The number of halogens is 1. The summed E-state index contributed by atoms with van der Waals surface area (Å²) in [5, 5.41) is 4.24. The van der Waals surface area contributed by atoms with Crippen LogP contribution in [0.1, 0.15) is 32.8 Å². The summed E-state index contributed by atoms with van der Waals surface area (Å²) in [5.41, 5.74) is 1.14. The van der Waals surface area contributed by atoms with Crippen LogP contribution in [0.5, 0.6) is 5.75 Å². The van der Waals surface area contributed by atoms with Gasteiger partial charge in [0.25, 0.3) is 0 Å². The molecule has 1 saturated heterocycles. The van der Waals surface area contributed by atoms with Crippen molar-refractivity contribution in [3.05, 3.63) is 28.8 Å². The first-order chi connectivity index (χ1) is 10.9. The van der Waals surface area contributed by atoms with Gasteiger partial charge >= 0.3 is 0 Å². The highest BCUT2D eigenvalue weighted by Gasteiger charge is 2.29. The number of piperidine rings is 1. The number of carbonyl (C=O) groups is 1. The average Bonchev–Trinajstić information content (AvgIpc) is 2.53. The highest BCUT2D eigenvalue weighted by molar-refractivity contribution is 6.32. The molecular weight excluding hydrogens is 312 g/mol. The summed E-state index contributed by atoms with van der Waals surface area (Å²) in [4.78, 5) is 14.1. The molecule has 0 unspecified atom stereocenters. The maximum absolute atomic E-state index is 12.1. The lowest BCUT2D eigenvalue weighted by Crippen LogP contribution is -2.50. The van der Waals surface area contributed by atoms with E-state index in [1.54, 1.807) is 7.11 Å². The zero-order valence-corrected chi connectivity index (χ0v) is 15.2. The fourth-order valence-corrected chi connectivity index (χ4v) is 3.36. The fraction of sp³-hybridized carbons (Fsp3) is 0.611. The minimum atomic E-state index is 0.0770. The third-order valence-electron chi connectivity index (χ3n) is 4.50. The lowest BCUT2D eigenvalue weighted by Gasteiger charge is -2.38. The minimum absolute atomic E-state index is 0.0770. The molecular formula is C18H27ClN2O2. The zero-order valence-electron chi connectivity index (χ0n) is 14.4. The van der Waals surface area contributed by atoms with Gasteiger partial charge in [-0.05, 0) is 30.0 Å². The summed E-state index contributed by atoms with van der Waals surface area (Å²) in [6.45, 7) is 8.57. The maximum Gasteiger partial charge on any atom is 0.225 e. The Labute approximate surface area is 144 Å². The minimum Gasteiger partial charge on any atom is -0.495 e. The van der Waals surface area contributed by atoms with E-state index in [0.717, 1.165) is 31.6 Å². The predicted molar refractivity (Wildman–Crippen MR) is 93.8 cm³/mol. The molecule has 0 spiro atoms.